The van der Waals surface area contributed by atoms with Crippen LogP contribution in [0.4, 0.5) is 0 Å². The Kier molecular flexibility index (Phi) is 9.82. The Bertz CT molecular complexity index is 702. The molecule has 1 aromatic rings. The minimum Gasteiger partial charge on any atom is -0.481 e. The van der Waals surface area contributed by atoms with E-state index in [-0.39, 0.29) is 24.0 Å². The maximum Gasteiger partial charge on any atom is 0.303 e. The van der Waals surface area contributed by atoms with Gasteiger partial charge in [-0.05, 0) is 49.7 Å². The molecule has 1 aliphatic rings. The van der Waals surface area contributed by atoms with E-state index in [1.807, 2.05) is 30.3 Å². The number of carbonyl (C=O) groups is 3. The molecule has 1 fully saturated rings. The fourth-order valence-corrected chi connectivity index (χ4v) is 4.06. The molecule has 1 aromatic carbocycles. The summed E-state index contributed by atoms with van der Waals surface area (Å²) in [6.07, 6.45) is 12.9. The topological polar surface area (TPSA) is 71.4 Å². The monoisotopic (exact) mass is 398 g/mol. The van der Waals surface area contributed by atoms with Gasteiger partial charge >= 0.3 is 5.97 Å². The average Bonchev–Trinajstić information content (AvgIpc) is 3.07. The number of unbranched alkanes of at least 4 members (excludes halogenated alkanes) is 4. The number of Topliss-reactive ketones (excluding diaryl/α,β-unsaturated/α-hetero) is 1. The quantitative estimate of drug-likeness (QED) is 0.259. The van der Waals surface area contributed by atoms with Gasteiger partial charge in [-0.2, -0.15) is 0 Å². The average molecular weight is 399 g/mol. The van der Waals surface area contributed by atoms with Gasteiger partial charge in [-0.3, -0.25) is 14.4 Å². The molecular formula is C25H34O4. The highest BCUT2D eigenvalue weighted by molar-refractivity contribution is 6.04. The fraction of sp³-hybridized carbons (Fsp3) is 0.560. The van der Waals surface area contributed by atoms with Crippen molar-refractivity contribution in [1.82, 2.24) is 0 Å². The SMILES string of the molecule is CCCCc1ccc(C(=O)C=CC2CCC(=O)C2CCCCCCC(=O)O)cc1. The van der Waals surface area contributed by atoms with Crippen LogP contribution in [0.2, 0.25) is 0 Å². The van der Waals surface area contributed by atoms with Crippen molar-refractivity contribution in [2.24, 2.45) is 11.8 Å². The molecule has 0 heterocycles. The van der Waals surface area contributed by atoms with Crippen LogP contribution in [0.3, 0.4) is 0 Å². The first-order valence-electron chi connectivity index (χ1n) is 11.1. The Morgan fingerprint density at radius 3 is 2.48 bits per heavy atom. The van der Waals surface area contributed by atoms with Crippen molar-refractivity contribution >= 4 is 17.5 Å². The van der Waals surface area contributed by atoms with E-state index in [4.69, 9.17) is 5.11 Å². The minimum absolute atomic E-state index is 0.00110. The third-order valence-corrected chi connectivity index (χ3v) is 5.86. The van der Waals surface area contributed by atoms with Gasteiger partial charge in [0.1, 0.15) is 5.78 Å². The molecule has 1 N–H and O–H groups in total. The number of carboxylic acids is 1. The third-order valence-electron chi connectivity index (χ3n) is 5.86. The molecule has 0 amide bonds. The molecule has 0 aromatic heterocycles. The van der Waals surface area contributed by atoms with Gasteiger partial charge in [-0.15, -0.1) is 0 Å². The van der Waals surface area contributed by atoms with Crippen molar-refractivity contribution in [3.05, 3.63) is 47.5 Å². The number of ketones is 2. The summed E-state index contributed by atoms with van der Waals surface area (Å²) in [5.74, 6) is -0.289. The van der Waals surface area contributed by atoms with Crippen LogP contribution in [0, 0.1) is 11.8 Å². The van der Waals surface area contributed by atoms with Gasteiger partial charge in [0, 0.05) is 24.3 Å². The Morgan fingerprint density at radius 1 is 1.07 bits per heavy atom. The number of carboxylic acid groups (broad SMARTS) is 1. The zero-order valence-electron chi connectivity index (χ0n) is 17.6. The number of benzene rings is 1. The van der Waals surface area contributed by atoms with E-state index in [2.05, 4.69) is 6.92 Å². The Labute approximate surface area is 174 Å². The van der Waals surface area contributed by atoms with E-state index in [1.54, 1.807) is 6.08 Å². The summed E-state index contributed by atoms with van der Waals surface area (Å²) < 4.78 is 0. The van der Waals surface area contributed by atoms with Crippen LogP contribution in [0.25, 0.3) is 0 Å². The Hall–Kier alpha value is -2.23. The number of aliphatic carboxylic acids is 1. The van der Waals surface area contributed by atoms with Gasteiger partial charge in [0.25, 0.3) is 0 Å². The number of aryl methyl sites for hydroxylation is 1. The van der Waals surface area contributed by atoms with E-state index >= 15 is 0 Å². The van der Waals surface area contributed by atoms with Gasteiger partial charge in [0.05, 0.1) is 0 Å². The lowest BCUT2D eigenvalue weighted by molar-refractivity contribution is -0.137. The van der Waals surface area contributed by atoms with Crippen LogP contribution in [0.15, 0.2) is 36.4 Å². The molecule has 4 nitrogen and oxygen atoms in total. The van der Waals surface area contributed by atoms with Crippen LogP contribution in [-0.2, 0) is 16.0 Å². The molecule has 1 saturated carbocycles. The van der Waals surface area contributed by atoms with Crippen LogP contribution >= 0.6 is 0 Å². The van der Waals surface area contributed by atoms with Gasteiger partial charge in [-0.25, -0.2) is 0 Å². The second-order valence-electron chi connectivity index (χ2n) is 8.15. The van der Waals surface area contributed by atoms with Crippen LogP contribution in [0.5, 0.6) is 0 Å². The van der Waals surface area contributed by atoms with Gasteiger partial charge in [0.2, 0.25) is 0 Å². The summed E-state index contributed by atoms with van der Waals surface area (Å²) in [6.45, 7) is 2.17. The summed E-state index contributed by atoms with van der Waals surface area (Å²) >= 11 is 0. The number of carbonyl (C=O) groups excluding carboxylic acids is 2. The Balaban J connectivity index is 1.81. The summed E-state index contributed by atoms with van der Waals surface area (Å²) in [6, 6.07) is 7.85. The van der Waals surface area contributed by atoms with E-state index in [0.717, 1.165) is 51.4 Å². The molecule has 0 aliphatic heterocycles. The molecule has 2 unspecified atom stereocenters. The second kappa shape index (κ2) is 12.4. The number of hydrogen-bond donors (Lipinski definition) is 1. The molecule has 0 bridgehead atoms. The maximum absolute atomic E-state index is 12.5. The standard InChI is InChI=1S/C25H34O4/c1-2-3-8-19-11-13-21(14-12-19)23(26)17-15-20-16-18-24(27)22(20)9-6-4-5-7-10-25(28)29/h11-15,17,20,22H,2-10,16,18H2,1H3,(H,28,29). The van der Waals surface area contributed by atoms with Crippen molar-refractivity contribution in [1.29, 1.82) is 0 Å². The molecule has 0 radical (unpaired) electrons. The van der Waals surface area contributed by atoms with Gasteiger partial charge in [-0.1, -0.05) is 62.9 Å². The Morgan fingerprint density at radius 2 is 1.79 bits per heavy atom. The summed E-state index contributed by atoms with van der Waals surface area (Å²) in [7, 11) is 0. The number of rotatable bonds is 13. The summed E-state index contributed by atoms with van der Waals surface area (Å²) in [5, 5.41) is 8.67. The first-order valence-corrected chi connectivity index (χ1v) is 11.1. The maximum atomic E-state index is 12.5. The highest BCUT2D eigenvalue weighted by atomic mass is 16.4. The zero-order valence-corrected chi connectivity index (χ0v) is 17.6. The van der Waals surface area contributed by atoms with Gasteiger partial charge in [0.15, 0.2) is 5.78 Å². The predicted molar refractivity (Wildman–Crippen MR) is 115 cm³/mol. The smallest absolute Gasteiger partial charge is 0.303 e. The second-order valence-corrected chi connectivity index (χ2v) is 8.15. The molecule has 0 spiro atoms. The number of hydrogen-bond acceptors (Lipinski definition) is 3. The lowest BCUT2D eigenvalue weighted by Crippen LogP contribution is -2.13. The number of allylic oxidation sites excluding steroid dienone is 2. The molecular weight excluding hydrogens is 364 g/mol. The van der Waals surface area contributed by atoms with E-state index < -0.39 is 5.97 Å². The lowest BCUT2D eigenvalue weighted by Gasteiger charge is -2.14. The minimum atomic E-state index is -0.749. The summed E-state index contributed by atoms with van der Waals surface area (Å²) in [4.78, 5) is 35.3. The van der Waals surface area contributed by atoms with Crippen LogP contribution < -0.4 is 0 Å². The van der Waals surface area contributed by atoms with Crippen molar-refractivity contribution in [2.45, 2.75) is 77.6 Å². The first kappa shape index (κ1) is 23.1. The molecule has 29 heavy (non-hydrogen) atoms. The van der Waals surface area contributed by atoms with Crippen molar-refractivity contribution < 1.29 is 19.5 Å². The fourth-order valence-electron chi connectivity index (χ4n) is 4.06. The molecule has 1 aliphatic carbocycles. The van der Waals surface area contributed by atoms with E-state index in [1.165, 1.54) is 5.56 Å². The normalized spacial score (nSPS) is 19.1. The highest BCUT2D eigenvalue weighted by Gasteiger charge is 2.32. The largest absolute Gasteiger partial charge is 0.481 e. The first-order chi connectivity index (χ1) is 14.0. The predicted octanol–water partition coefficient (Wildman–Crippen LogP) is 5.79. The van der Waals surface area contributed by atoms with Gasteiger partial charge < -0.3 is 5.11 Å². The van der Waals surface area contributed by atoms with Crippen molar-refractivity contribution in [2.75, 3.05) is 0 Å². The van der Waals surface area contributed by atoms with Crippen LogP contribution in [-0.4, -0.2) is 22.6 Å². The molecule has 2 rings (SSSR count). The molecule has 2 atom stereocenters. The molecule has 4 heteroatoms. The van der Waals surface area contributed by atoms with Crippen molar-refractivity contribution in [3.63, 3.8) is 0 Å². The van der Waals surface area contributed by atoms with E-state index in [0.29, 0.717) is 24.2 Å². The van der Waals surface area contributed by atoms with Crippen LogP contribution in [0.1, 0.15) is 87.1 Å². The van der Waals surface area contributed by atoms with E-state index in [9.17, 15) is 14.4 Å². The summed E-state index contributed by atoms with van der Waals surface area (Å²) in [5.41, 5.74) is 1.96. The zero-order chi connectivity index (χ0) is 21.1. The van der Waals surface area contributed by atoms with Crippen molar-refractivity contribution in [3.8, 4) is 0 Å². The molecule has 0 saturated heterocycles. The molecule has 158 valence electrons. The lowest BCUT2D eigenvalue weighted by atomic mass is 9.89. The highest BCUT2D eigenvalue weighted by Crippen LogP contribution is 2.34. The third kappa shape index (κ3) is 7.96.